The Hall–Kier alpha value is -4.63. The van der Waals surface area contributed by atoms with Crippen LogP contribution in [-0.2, 0) is 0 Å². The molecule has 1 N–H and O–H groups in total. The van der Waals surface area contributed by atoms with Crippen LogP contribution in [0.25, 0.3) is 17.3 Å². The van der Waals surface area contributed by atoms with Crippen LogP contribution in [0.2, 0.25) is 0 Å². The van der Waals surface area contributed by atoms with E-state index >= 15 is 0 Å². The molecular weight excluding hydrogens is 452 g/mol. The SMILES string of the molecule is O=C1c2ccccc2C(=O)N1c1ccc(-c2csc(N/C=C\c3ccccc3[N+](=O)[O-])n2)cc1. The molecule has 8 nitrogen and oxygen atoms in total. The number of nitrogens with one attached hydrogen (secondary N) is 1. The number of hydrogen-bond donors (Lipinski definition) is 1. The van der Waals surface area contributed by atoms with Gasteiger partial charge in [0.1, 0.15) is 0 Å². The molecule has 0 saturated heterocycles. The largest absolute Gasteiger partial charge is 0.338 e. The number of imide groups is 1. The van der Waals surface area contributed by atoms with Gasteiger partial charge in [0.25, 0.3) is 17.5 Å². The van der Waals surface area contributed by atoms with Crippen LogP contribution in [0.3, 0.4) is 0 Å². The van der Waals surface area contributed by atoms with Crippen LogP contribution in [0.4, 0.5) is 16.5 Å². The molecule has 166 valence electrons. The van der Waals surface area contributed by atoms with Crippen LogP contribution < -0.4 is 10.2 Å². The van der Waals surface area contributed by atoms with E-state index in [1.54, 1.807) is 79.0 Å². The number of rotatable bonds is 6. The number of benzene rings is 3. The Kier molecular flexibility index (Phi) is 5.44. The molecule has 2 amide bonds. The fourth-order valence-corrected chi connectivity index (χ4v) is 4.37. The number of fused-ring (bicyclic) bond motifs is 1. The minimum atomic E-state index is -0.424. The summed E-state index contributed by atoms with van der Waals surface area (Å²) in [6, 6.07) is 20.3. The fraction of sp³-hybridized carbons (Fsp3) is 0. The Labute approximate surface area is 198 Å². The lowest BCUT2D eigenvalue weighted by atomic mass is 10.1. The smallest absolute Gasteiger partial charge is 0.276 e. The summed E-state index contributed by atoms with van der Waals surface area (Å²) in [6.07, 6.45) is 3.23. The van der Waals surface area contributed by atoms with Gasteiger partial charge >= 0.3 is 0 Å². The van der Waals surface area contributed by atoms with E-state index in [0.29, 0.717) is 27.5 Å². The van der Waals surface area contributed by atoms with Gasteiger partial charge in [-0.3, -0.25) is 19.7 Å². The maximum absolute atomic E-state index is 12.7. The van der Waals surface area contributed by atoms with Crippen molar-refractivity contribution in [1.29, 1.82) is 0 Å². The van der Waals surface area contributed by atoms with Crippen LogP contribution in [0, 0.1) is 10.1 Å². The van der Waals surface area contributed by atoms with E-state index in [-0.39, 0.29) is 17.5 Å². The zero-order valence-electron chi connectivity index (χ0n) is 17.5. The van der Waals surface area contributed by atoms with Crippen LogP contribution in [0.15, 0.2) is 84.4 Å². The van der Waals surface area contributed by atoms with Crippen LogP contribution in [0.1, 0.15) is 26.3 Å². The molecule has 0 unspecified atom stereocenters. The van der Waals surface area contributed by atoms with Crippen LogP contribution in [-0.4, -0.2) is 21.7 Å². The maximum atomic E-state index is 12.7. The third kappa shape index (κ3) is 3.84. The highest BCUT2D eigenvalue weighted by atomic mass is 32.1. The number of anilines is 2. The number of amides is 2. The lowest BCUT2D eigenvalue weighted by molar-refractivity contribution is -0.385. The summed E-state index contributed by atoms with van der Waals surface area (Å²) >= 11 is 1.39. The molecule has 1 aromatic heterocycles. The predicted octanol–water partition coefficient (Wildman–Crippen LogP) is 5.60. The fourth-order valence-electron chi connectivity index (χ4n) is 3.68. The highest BCUT2D eigenvalue weighted by Crippen LogP contribution is 2.31. The van der Waals surface area contributed by atoms with Gasteiger partial charge in [-0.1, -0.05) is 36.4 Å². The van der Waals surface area contributed by atoms with E-state index in [2.05, 4.69) is 10.3 Å². The highest BCUT2D eigenvalue weighted by molar-refractivity contribution is 7.14. The Morgan fingerprint density at radius 3 is 2.24 bits per heavy atom. The van der Waals surface area contributed by atoms with Crippen molar-refractivity contribution in [3.8, 4) is 11.3 Å². The quantitative estimate of drug-likeness (QED) is 0.224. The highest BCUT2D eigenvalue weighted by Gasteiger charge is 2.36. The molecule has 4 aromatic rings. The van der Waals surface area contributed by atoms with Gasteiger partial charge in [0, 0.05) is 23.2 Å². The van der Waals surface area contributed by atoms with E-state index in [4.69, 9.17) is 0 Å². The van der Waals surface area contributed by atoms with Crippen LogP contribution >= 0.6 is 11.3 Å². The number of nitro groups is 1. The van der Waals surface area contributed by atoms with Gasteiger partial charge in [0.2, 0.25) is 0 Å². The zero-order chi connectivity index (χ0) is 23.7. The molecule has 0 aliphatic carbocycles. The lowest BCUT2D eigenvalue weighted by Gasteiger charge is -2.14. The Balaban J connectivity index is 1.30. The summed E-state index contributed by atoms with van der Waals surface area (Å²) in [5.74, 6) is -0.669. The first kappa shape index (κ1) is 21.2. The second-order valence-electron chi connectivity index (χ2n) is 7.37. The number of nitro benzene ring substituents is 1. The number of aromatic nitrogens is 1. The third-order valence-corrected chi connectivity index (χ3v) is 6.10. The average molecular weight is 468 g/mol. The Bertz CT molecular complexity index is 1420. The molecule has 1 aliphatic rings. The summed E-state index contributed by atoms with van der Waals surface area (Å²) < 4.78 is 0. The van der Waals surface area contributed by atoms with Gasteiger partial charge < -0.3 is 5.32 Å². The molecule has 34 heavy (non-hydrogen) atoms. The first-order valence-electron chi connectivity index (χ1n) is 10.2. The molecular formula is C25H16N4O4S. The van der Waals surface area contributed by atoms with Crippen molar-refractivity contribution in [2.75, 3.05) is 10.2 Å². The molecule has 5 rings (SSSR count). The minimum absolute atomic E-state index is 0.0264. The van der Waals surface area contributed by atoms with Gasteiger partial charge in [-0.25, -0.2) is 9.88 Å². The first-order valence-corrected chi connectivity index (χ1v) is 11.1. The number of carbonyl (C=O) groups excluding carboxylic acids is 2. The topological polar surface area (TPSA) is 105 Å². The van der Waals surface area contributed by atoms with Gasteiger partial charge in [-0.05, 0) is 36.4 Å². The summed E-state index contributed by atoms with van der Waals surface area (Å²) in [7, 11) is 0. The molecule has 2 heterocycles. The number of para-hydroxylation sites is 1. The standard InChI is InChI=1S/C25H16N4O4S/c30-23-19-6-2-3-7-20(19)24(31)28(23)18-11-9-16(10-12-18)21-15-34-25(27-21)26-14-13-17-5-1-4-8-22(17)29(32)33/h1-15H,(H,26,27)/b14-13-. The molecule has 0 saturated carbocycles. The van der Waals surface area contributed by atoms with Crippen molar-refractivity contribution < 1.29 is 14.5 Å². The normalized spacial score (nSPS) is 12.9. The Morgan fingerprint density at radius 1 is 0.912 bits per heavy atom. The van der Waals surface area contributed by atoms with E-state index in [1.807, 2.05) is 5.38 Å². The summed E-state index contributed by atoms with van der Waals surface area (Å²) in [5, 5.41) is 16.6. The van der Waals surface area contributed by atoms with Crippen molar-refractivity contribution in [3.63, 3.8) is 0 Å². The van der Waals surface area contributed by atoms with Crippen molar-refractivity contribution in [3.05, 3.63) is 111 Å². The van der Waals surface area contributed by atoms with Crippen molar-refractivity contribution in [2.24, 2.45) is 0 Å². The maximum Gasteiger partial charge on any atom is 0.276 e. The molecule has 0 radical (unpaired) electrons. The molecule has 9 heteroatoms. The van der Waals surface area contributed by atoms with Gasteiger partial charge in [0.05, 0.1) is 33.0 Å². The van der Waals surface area contributed by atoms with Crippen molar-refractivity contribution >= 4 is 45.7 Å². The van der Waals surface area contributed by atoms with E-state index in [0.717, 1.165) is 11.3 Å². The van der Waals surface area contributed by atoms with Crippen LogP contribution in [0.5, 0.6) is 0 Å². The number of hydrogen-bond acceptors (Lipinski definition) is 7. The molecule has 1 aliphatic heterocycles. The molecule has 0 atom stereocenters. The summed E-state index contributed by atoms with van der Waals surface area (Å²) in [6.45, 7) is 0. The molecule has 0 spiro atoms. The van der Waals surface area contributed by atoms with Gasteiger partial charge in [-0.15, -0.1) is 11.3 Å². The number of thiazole rings is 1. The lowest BCUT2D eigenvalue weighted by Crippen LogP contribution is -2.29. The second kappa shape index (κ2) is 8.72. The zero-order valence-corrected chi connectivity index (χ0v) is 18.4. The predicted molar refractivity (Wildman–Crippen MR) is 131 cm³/mol. The molecule has 3 aromatic carbocycles. The summed E-state index contributed by atoms with van der Waals surface area (Å²) in [5.41, 5.74) is 3.36. The monoisotopic (exact) mass is 468 g/mol. The Morgan fingerprint density at radius 2 is 1.56 bits per heavy atom. The average Bonchev–Trinajstić information content (AvgIpc) is 3.42. The second-order valence-corrected chi connectivity index (χ2v) is 8.23. The third-order valence-electron chi connectivity index (χ3n) is 5.32. The van der Waals surface area contributed by atoms with E-state index < -0.39 is 4.92 Å². The van der Waals surface area contributed by atoms with E-state index in [1.165, 1.54) is 22.3 Å². The van der Waals surface area contributed by atoms with E-state index in [9.17, 15) is 19.7 Å². The number of carbonyl (C=O) groups is 2. The van der Waals surface area contributed by atoms with Crippen molar-refractivity contribution in [2.45, 2.75) is 0 Å². The molecule has 0 fully saturated rings. The van der Waals surface area contributed by atoms with Gasteiger partial charge in [-0.2, -0.15) is 0 Å². The first-order chi connectivity index (χ1) is 16.5. The van der Waals surface area contributed by atoms with Crippen molar-refractivity contribution in [1.82, 2.24) is 4.98 Å². The number of nitrogens with zero attached hydrogens (tertiary/aromatic N) is 3. The van der Waals surface area contributed by atoms with Gasteiger partial charge in [0.15, 0.2) is 5.13 Å². The summed E-state index contributed by atoms with van der Waals surface area (Å²) in [4.78, 5) is 41.7. The minimum Gasteiger partial charge on any atom is -0.338 e. The molecule has 0 bridgehead atoms.